The number of imide groups is 1. The number of carboxylic acids is 1. The summed E-state index contributed by atoms with van der Waals surface area (Å²) in [6, 6.07) is 9.52. The fourth-order valence-corrected chi connectivity index (χ4v) is 2.90. The number of nitrogens with one attached hydrogen (secondary N) is 1. The van der Waals surface area contributed by atoms with Crippen LogP contribution in [0.15, 0.2) is 42.5 Å². The molecule has 2 aromatic rings. The van der Waals surface area contributed by atoms with Gasteiger partial charge in [-0.05, 0) is 23.8 Å². The summed E-state index contributed by atoms with van der Waals surface area (Å²) in [6.45, 7) is -0.186. The van der Waals surface area contributed by atoms with Crippen LogP contribution in [0.3, 0.4) is 0 Å². The van der Waals surface area contributed by atoms with Gasteiger partial charge in [-0.2, -0.15) is 0 Å². The van der Waals surface area contributed by atoms with Crippen LogP contribution < -0.4 is 10.4 Å². The Morgan fingerprint density at radius 3 is 2.28 bits per heavy atom. The number of nitrogens with zero attached hydrogens (tertiary/aromatic N) is 2. The largest absolute Gasteiger partial charge is 0.550 e. The molecule has 1 N–H and O–H groups in total. The third-order valence-corrected chi connectivity index (χ3v) is 4.31. The van der Waals surface area contributed by atoms with Crippen molar-refractivity contribution in [2.45, 2.75) is 12.8 Å². The van der Waals surface area contributed by atoms with Crippen molar-refractivity contribution in [2.24, 2.45) is 0 Å². The van der Waals surface area contributed by atoms with Gasteiger partial charge >= 0.3 is 0 Å². The quantitative estimate of drug-likeness (QED) is 0.407. The van der Waals surface area contributed by atoms with E-state index < -0.39 is 28.6 Å². The maximum Gasteiger partial charge on any atom is 0.270 e. The molecule has 29 heavy (non-hydrogen) atoms. The fraction of sp³-hybridized carbons (Fsp3) is 0.158. The van der Waals surface area contributed by atoms with Crippen molar-refractivity contribution in [3.8, 4) is 0 Å². The van der Waals surface area contributed by atoms with Crippen LogP contribution in [0.5, 0.6) is 0 Å². The van der Waals surface area contributed by atoms with Crippen LogP contribution in [-0.2, 0) is 16.0 Å². The molecule has 0 fully saturated rings. The molecule has 3 amide bonds. The first-order valence-electron chi connectivity index (χ1n) is 8.49. The van der Waals surface area contributed by atoms with Crippen molar-refractivity contribution in [2.75, 3.05) is 11.9 Å². The Morgan fingerprint density at radius 1 is 1.00 bits per heavy atom. The van der Waals surface area contributed by atoms with Crippen molar-refractivity contribution >= 4 is 35.1 Å². The molecule has 1 heterocycles. The van der Waals surface area contributed by atoms with Gasteiger partial charge in [-0.25, -0.2) is 0 Å². The minimum Gasteiger partial charge on any atom is -0.550 e. The summed E-state index contributed by atoms with van der Waals surface area (Å²) >= 11 is 0. The highest BCUT2D eigenvalue weighted by molar-refractivity contribution is 6.21. The zero-order valence-corrected chi connectivity index (χ0v) is 14.9. The molecule has 0 aliphatic carbocycles. The first kappa shape index (κ1) is 19.7. The SMILES string of the molecule is O=C([O-])Cc1ccc(NC(=O)CCN2C(=O)c3ccc([N+](=O)[O-])cc3C2=O)cc1. The number of carboxylic acid groups (broad SMARTS) is 1. The third kappa shape index (κ3) is 4.26. The van der Waals surface area contributed by atoms with E-state index in [2.05, 4.69) is 5.32 Å². The van der Waals surface area contributed by atoms with Crippen LogP contribution in [0, 0.1) is 10.1 Å². The number of benzene rings is 2. The van der Waals surface area contributed by atoms with Crippen LogP contribution in [-0.4, -0.2) is 40.1 Å². The summed E-state index contributed by atoms with van der Waals surface area (Å²) in [5.74, 6) is -2.97. The van der Waals surface area contributed by atoms with Crippen molar-refractivity contribution in [3.63, 3.8) is 0 Å². The molecule has 0 bridgehead atoms. The lowest BCUT2D eigenvalue weighted by Gasteiger charge is -2.13. The zero-order chi connectivity index (χ0) is 21.1. The molecule has 0 spiro atoms. The van der Waals surface area contributed by atoms with Crippen molar-refractivity contribution < 1.29 is 29.2 Å². The molecule has 10 heteroatoms. The molecule has 148 valence electrons. The number of carbonyl (C=O) groups is 4. The number of nitro groups is 1. The van der Waals surface area contributed by atoms with E-state index >= 15 is 0 Å². The predicted molar refractivity (Wildman–Crippen MR) is 96.9 cm³/mol. The van der Waals surface area contributed by atoms with E-state index in [4.69, 9.17) is 0 Å². The van der Waals surface area contributed by atoms with E-state index in [9.17, 15) is 34.4 Å². The third-order valence-electron chi connectivity index (χ3n) is 4.31. The van der Waals surface area contributed by atoms with E-state index in [0.29, 0.717) is 11.3 Å². The number of hydrogen-bond acceptors (Lipinski definition) is 7. The average molecular weight is 396 g/mol. The Balaban J connectivity index is 1.60. The molecule has 1 aliphatic heterocycles. The van der Waals surface area contributed by atoms with Crippen LogP contribution in [0.1, 0.15) is 32.7 Å². The zero-order valence-electron chi connectivity index (χ0n) is 14.9. The van der Waals surface area contributed by atoms with Gasteiger partial charge in [0.15, 0.2) is 0 Å². The van der Waals surface area contributed by atoms with Gasteiger partial charge in [-0.15, -0.1) is 0 Å². The maximum atomic E-state index is 12.4. The molecule has 1 aliphatic rings. The lowest BCUT2D eigenvalue weighted by molar-refractivity contribution is -0.384. The topological polar surface area (TPSA) is 150 Å². The van der Waals surface area contributed by atoms with E-state index in [1.165, 1.54) is 30.3 Å². The van der Waals surface area contributed by atoms with Gasteiger partial charge in [-0.1, -0.05) is 12.1 Å². The Kier molecular flexibility index (Phi) is 5.35. The fourth-order valence-electron chi connectivity index (χ4n) is 2.90. The lowest BCUT2D eigenvalue weighted by Crippen LogP contribution is -2.32. The first-order valence-corrected chi connectivity index (χ1v) is 8.49. The highest BCUT2D eigenvalue weighted by Crippen LogP contribution is 2.26. The van der Waals surface area contributed by atoms with Gasteiger partial charge in [0.05, 0.1) is 16.1 Å². The number of nitro benzene ring substituents is 1. The van der Waals surface area contributed by atoms with Gasteiger partial charge in [0, 0.05) is 43.2 Å². The number of rotatable bonds is 7. The molecule has 2 aromatic carbocycles. The van der Waals surface area contributed by atoms with Gasteiger partial charge in [-0.3, -0.25) is 29.4 Å². The number of fused-ring (bicyclic) bond motifs is 1. The number of amides is 3. The van der Waals surface area contributed by atoms with Crippen LogP contribution in [0.4, 0.5) is 11.4 Å². The summed E-state index contributed by atoms with van der Waals surface area (Å²) in [7, 11) is 0. The highest BCUT2D eigenvalue weighted by Gasteiger charge is 2.36. The molecule has 3 rings (SSSR count). The molecule has 0 unspecified atom stereocenters. The summed E-state index contributed by atoms with van der Waals surface area (Å²) in [4.78, 5) is 58.4. The monoisotopic (exact) mass is 396 g/mol. The number of non-ortho nitro benzene ring substituents is 1. The molecule has 0 saturated carbocycles. The van der Waals surface area contributed by atoms with Crippen LogP contribution in [0.25, 0.3) is 0 Å². The molecule has 0 saturated heterocycles. The predicted octanol–water partition coefficient (Wildman–Crippen LogP) is 0.512. The summed E-state index contributed by atoms with van der Waals surface area (Å²) in [5, 5.41) is 24.0. The smallest absolute Gasteiger partial charge is 0.270 e. The molecule has 0 radical (unpaired) electrons. The molecular weight excluding hydrogens is 382 g/mol. The second-order valence-electron chi connectivity index (χ2n) is 6.29. The minimum atomic E-state index is -1.21. The first-order chi connectivity index (χ1) is 13.8. The van der Waals surface area contributed by atoms with Gasteiger partial charge in [0.25, 0.3) is 17.5 Å². The van der Waals surface area contributed by atoms with Gasteiger partial charge in [0.2, 0.25) is 5.91 Å². The Bertz CT molecular complexity index is 1030. The standard InChI is InChI=1S/C19H15N3O7/c23-16(20-12-3-1-11(2-4-12)9-17(24)25)7-8-21-18(26)14-6-5-13(22(28)29)10-15(14)19(21)27/h1-6,10H,7-9H2,(H,20,23)(H,24,25)/p-1. The van der Waals surface area contributed by atoms with Gasteiger partial charge < -0.3 is 15.2 Å². The summed E-state index contributed by atoms with van der Waals surface area (Å²) < 4.78 is 0. The second-order valence-corrected chi connectivity index (χ2v) is 6.29. The van der Waals surface area contributed by atoms with Gasteiger partial charge in [0.1, 0.15) is 0 Å². The highest BCUT2D eigenvalue weighted by atomic mass is 16.6. The summed E-state index contributed by atoms with van der Waals surface area (Å²) in [6.07, 6.45) is -0.416. The number of carbonyl (C=O) groups excluding carboxylic acids is 4. The Hall–Kier alpha value is -4.08. The van der Waals surface area contributed by atoms with Crippen LogP contribution in [0.2, 0.25) is 0 Å². The van der Waals surface area contributed by atoms with Crippen molar-refractivity contribution in [1.29, 1.82) is 0 Å². The number of aliphatic carboxylic acids is 1. The Labute approximate surface area is 163 Å². The number of hydrogen-bond donors (Lipinski definition) is 1. The summed E-state index contributed by atoms with van der Waals surface area (Å²) in [5.41, 5.74) is 0.641. The van der Waals surface area contributed by atoms with Crippen molar-refractivity contribution in [1.82, 2.24) is 4.90 Å². The average Bonchev–Trinajstić information content (AvgIpc) is 2.91. The van der Waals surface area contributed by atoms with E-state index in [1.54, 1.807) is 0 Å². The van der Waals surface area contributed by atoms with E-state index in [0.717, 1.165) is 17.0 Å². The van der Waals surface area contributed by atoms with Crippen molar-refractivity contribution in [3.05, 3.63) is 69.3 Å². The number of anilines is 1. The van der Waals surface area contributed by atoms with E-state index in [-0.39, 0.29) is 36.2 Å². The van der Waals surface area contributed by atoms with E-state index in [1.807, 2.05) is 0 Å². The lowest BCUT2D eigenvalue weighted by atomic mass is 10.1. The van der Waals surface area contributed by atoms with Crippen LogP contribution >= 0.6 is 0 Å². The normalized spacial score (nSPS) is 12.6. The molecule has 0 atom stereocenters. The molecule has 10 nitrogen and oxygen atoms in total. The molecule has 0 aromatic heterocycles. The second kappa shape index (κ2) is 7.89. The molecular formula is C19H14N3O7-. The minimum absolute atomic E-state index is 0.0597. The Morgan fingerprint density at radius 2 is 1.66 bits per heavy atom. The maximum absolute atomic E-state index is 12.4.